The first-order chi connectivity index (χ1) is 20.6. The van der Waals surface area contributed by atoms with Gasteiger partial charge in [0.1, 0.15) is 5.84 Å². The van der Waals surface area contributed by atoms with Gasteiger partial charge in [0.25, 0.3) is 0 Å². The molecule has 1 unspecified atom stereocenters. The minimum atomic E-state index is -2.10. The number of amides is 2. The SMILES string of the molecule is CCOc1cc2c(c(F)c1OCC)C(=N)N(C(SF)C(=O)c1c(SF)c(SF)c(SF)c(N3C(=O)CCC3=O)c1SF)C2. The Bertz CT molecular complexity index is 1490. The van der Waals surface area contributed by atoms with Crippen LogP contribution < -0.4 is 14.4 Å². The summed E-state index contributed by atoms with van der Waals surface area (Å²) in [7, 11) is 0. The number of hydrogen-bond donors (Lipinski definition) is 1. The highest BCUT2D eigenvalue weighted by Crippen LogP contribution is 2.54. The minimum Gasteiger partial charge on any atom is -0.490 e. The van der Waals surface area contributed by atoms with E-state index >= 15 is 4.39 Å². The Balaban J connectivity index is 1.90. The van der Waals surface area contributed by atoms with Crippen molar-refractivity contribution in [3.63, 3.8) is 0 Å². The van der Waals surface area contributed by atoms with E-state index in [1.165, 1.54) is 6.07 Å². The van der Waals surface area contributed by atoms with Crippen LogP contribution in [0.15, 0.2) is 25.6 Å². The van der Waals surface area contributed by atoms with E-state index < -0.39 is 133 Å². The molecule has 43 heavy (non-hydrogen) atoms. The number of hydrogen-bond acceptors (Lipinski definition) is 11. The lowest BCUT2D eigenvalue weighted by Crippen LogP contribution is -2.39. The number of Topliss-reactive ketones (excluding diaryl/α,β-unsaturated/α-hetero) is 1. The fourth-order valence-electron chi connectivity index (χ4n) is 4.73. The van der Waals surface area contributed by atoms with Gasteiger partial charge < -0.3 is 14.4 Å². The van der Waals surface area contributed by atoms with E-state index in [-0.39, 0.29) is 48.7 Å². The third-order valence-electron chi connectivity index (χ3n) is 6.44. The van der Waals surface area contributed by atoms with Crippen molar-refractivity contribution in [2.75, 3.05) is 18.1 Å². The molecule has 0 radical (unpaired) electrons. The summed E-state index contributed by atoms with van der Waals surface area (Å²) in [5.74, 6) is -5.26. The molecule has 0 spiro atoms. The van der Waals surface area contributed by atoms with Crippen molar-refractivity contribution in [1.82, 2.24) is 4.90 Å². The first kappa shape index (κ1) is 33.5. The largest absolute Gasteiger partial charge is 0.490 e. The second-order valence-electron chi connectivity index (χ2n) is 8.67. The third-order valence-corrected chi connectivity index (χ3v) is 9.57. The summed E-state index contributed by atoms with van der Waals surface area (Å²) >= 11 is -3.63. The zero-order chi connectivity index (χ0) is 31.6. The van der Waals surface area contributed by atoms with E-state index in [4.69, 9.17) is 14.9 Å². The van der Waals surface area contributed by atoms with Crippen LogP contribution in [0, 0.1) is 11.2 Å². The summed E-state index contributed by atoms with van der Waals surface area (Å²) in [6, 6.07) is 1.35. The Labute approximate surface area is 263 Å². The average molecular weight is 704 g/mol. The molecule has 0 aromatic heterocycles. The molecule has 8 nitrogen and oxygen atoms in total. The number of amidine groups is 1. The molecular formula is C24H19F6N3O5S5. The van der Waals surface area contributed by atoms with E-state index in [0.717, 1.165) is 4.90 Å². The van der Waals surface area contributed by atoms with Gasteiger partial charge in [-0.1, -0.05) is 0 Å². The molecule has 1 fully saturated rings. The van der Waals surface area contributed by atoms with Crippen molar-refractivity contribution in [3.05, 3.63) is 28.6 Å². The molecule has 4 rings (SSSR count). The quantitative estimate of drug-likeness (QED) is 0.124. The van der Waals surface area contributed by atoms with Gasteiger partial charge in [-0.15, -0.1) is 0 Å². The number of carbonyl (C=O) groups excluding carboxylic acids is 3. The van der Waals surface area contributed by atoms with Gasteiger partial charge in [0.2, 0.25) is 17.6 Å². The Kier molecular flexibility index (Phi) is 11.1. The van der Waals surface area contributed by atoms with Crippen molar-refractivity contribution in [2.24, 2.45) is 0 Å². The molecule has 2 aliphatic heterocycles. The number of nitrogens with zero attached hydrogens (tertiary/aromatic N) is 2. The van der Waals surface area contributed by atoms with Crippen LogP contribution in [-0.2, 0) is 16.1 Å². The highest BCUT2D eigenvalue weighted by atomic mass is 32.2. The Hall–Kier alpha value is -2.35. The Morgan fingerprint density at radius 3 is 2.02 bits per heavy atom. The Morgan fingerprint density at radius 2 is 1.51 bits per heavy atom. The van der Waals surface area contributed by atoms with Crippen molar-refractivity contribution in [1.29, 1.82) is 5.41 Å². The predicted octanol–water partition coefficient (Wildman–Crippen LogP) is 8.15. The van der Waals surface area contributed by atoms with Crippen LogP contribution in [0.4, 0.5) is 29.5 Å². The second-order valence-corrected chi connectivity index (χ2v) is 11.5. The number of ketones is 1. The molecule has 0 bridgehead atoms. The first-order valence-corrected chi connectivity index (χ1v) is 15.8. The van der Waals surface area contributed by atoms with Gasteiger partial charge in [-0.05, 0) is 25.5 Å². The van der Waals surface area contributed by atoms with E-state index in [0.29, 0.717) is 4.90 Å². The summed E-state index contributed by atoms with van der Waals surface area (Å²) in [6.07, 6.45) is -0.699. The molecular weight excluding hydrogens is 685 g/mol. The maximum absolute atomic E-state index is 15.6. The second kappa shape index (κ2) is 14.2. The maximum atomic E-state index is 15.6. The molecule has 2 aromatic carbocycles. The normalized spacial score (nSPS) is 15.4. The number of fused-ring (bicyclic) bond motifs is 1. The summed E-state index contributed by atoms with van der Waals surface area (Å²) < 4.78 is 98.3. The van der Waals surface area contributed by atoms with Crippen molar-refractivity contribution in [2.45, 2.75) is 58.2 Å². The van der Waals surface area contributed by atoms with Crippen molar-refractivity contribution in [3.8, 4) is 11.5 Å². The number of carbonyl (C=O) groups is 3. The monoisotopic (exact) mass is 703 g/mol. The molecule has 2 aromatic rings. The highest BCUT2D eigenvalue weighted by molar-refractivity contribution is 7.99. The van der Waals surface area contributed by atoms with Crippen LogP contribution in [0.1, 0.15) is 48.2 Å². The lowest BCUT2D eigenvalue weighted by Gasteiger charge is -2.28. The molecule has 19 heteroatoms. The fraction of sp³-hybridized carbons (Fsp3) is 0.333. The summed E-state index contributed by atoms with van der Waals surface area (Å²) in [5, 5.41) is 6.48. The molecule has 2 heterocycles. The molecule has 2 amide bonds. The smallest absolute Gasteiger partial charge is 0.234 e. The standard InChI is InChI=1S/C24H19F6N3O5S5/c1-3-37-10-7-9-8-32(23(31)13(9)15(25)18(10)38-4-2)24(43-30)17(36)14-19(39-26)16(33-11(34)5-6-12(33)35)21(41-28)22(42-29)20(14)40-27/h7,24,31H,3-6,8H2,1-2H3. The highest BCUT2D eigenvalue weighted by Gasteiger charge is 2.44. The lowest BCUT2D eigenvalue weighted by atomic mass is 10.1. The molecule has 232 valence electrons. The number of nitrogens with one attached hydrogen (secondary N) is 1. The molecule has 2 aliphatic rings. The van der Waals surface area contributed by atoms with E-state index in [2.05, 4.69) is 0 Å². The van der Waals surface area contributed by atoms with Crippen LogP contribution in [0.3, 0.4) is 0 Å². The topological polar surface area (TPSA) is 100 Å². The zero-order valence-electron chi connectivity index (χ0n) is 21.9. The van der Waals surface area contributed by atoms with Gasteiger partial charge in [0.05, 0.1) is 110 Å². The molecule has 0 aliphatic carbocycles. The van der Waals surface area contributed by atoms with Gasteiger partial charge in [0.15, 0.2) is 22.7 Å². The first-order valence-electron chi connectivity index (χ1n) is 12.2. The molecule has 1 atom stereocenters. The number of anilines is 1. The predicted molar refractivity (Wildman–Crippen MR) is 154 cm³/mol. The zero-order valence-corrected chi connectivity index (χ0v) is 26.0. The van der Waals surface area contributed by atoms with E-state index in [1.54, 1.807) is 13.8 Å². The number of ether oxygens (including phenoxy) is 2. The van der Waals surface area contributed by atoms with Crippen LogP contribution in [0.2, 0.25) is 0 Å². The average Bonchev–Trinajstić information content (AvgIpc) is 3.50. The lowest BCUT2D eigenvalue weighted by molar-refractivity contribution is -0.121. The number of rotatable bonds is 13. The van der Waals surface area contributed by atoms with Crippen LogP contribution >= 0.6 is 60.7 Å². The van der Waals surface area contributed by atoms with Crippen LogP contribution in [0.25, 0.3) is 0 Å². The van der Waals surface area contributed by atoms with E-state index in [9.17, 15) is 33.8 Å². The van der Waals surface area contributed by atoms with Crippen molar-refractivity contribution >= 4 is 89.9 Å². The molecule has 0 saturated carbocycles. The van der Waals surface area contributed by atoms with Gasteiger partial charge in [-0.2, -0.15) is 19.4 Å². The number of benzene rings is 2. The van der Waals surface area contributed by atoms with Gasteiger partial charge >= 0.3 is 0 Å². The summed E-state index contributed by atoms with van der Waals surface area (Å²) in [4.78, 5) is 36.5. The van der Waals surface area contributed by atoms with Gasteiger partial charge in [-0.25, -0.2) is 9.29 Å². The fourth-order valence-corrected chi connectivity index (χ4v) is 7.56. The molecule has 1 N–H and O–H groups in total. The Morgan fingerprint density at radius 1 is 0.930 bits per heavy atom. The van der Waals surface area contributed by atoms with Crippen LogP contribution in [0.5, 0.6) is 11.5 Å². The van der Waals surface area contributed by atoms with Crippen LogP contribution in [-0.4, -0.2) is 46.9 Å². The summed E-state index contributed by atoms with van der Waals surface area (Å²) in [6.45, 7) is 2.96. The van der Waals surface area contributed by atoms with E-state index in [1.807, 2.05) is 0 Å². The third kappa shape index (κ3) is 5.78. The summed E-state index contributed by atoms with van der Waals surface area (Å²) in [5.41, 5.74) is -2.05. The van der Waals surface area contributed by atoms with Gasteiger partial charge in [0, 0.05) is 19.4 Å². The maximum Gasteiger partial charge on any atom is 0.234 e. The minimum absolute atomic E-state index is 0.00762. The number of halogens is 6. The molecule has 1 saturated heterocycles. The number of imide groups is 1. The van der Waals surface area contributed by atoms with Gasteiger partial charge in [-0.3, -0.25) is 19.8 Å². The van der Waals surface area contributed by atoms with Crippen molar-refractivity contribution < 1.29 is 47.7 Å².